The van der Waals surface area contributed by atoms with Crippen LogP contribution in [-0.4, -0.2) is 66.7 Å². The number of carbonyl (C=O) groups excluding carboxylic acids is 2. The molecule has 0 radical (unpaired) electrons. The normalized spacial score (nSPS) is 26.2. The fraction of sp³-hybridized carbons (Fsp3) is 0.529. The first-order valence-corrected chi connectivity index (χ1v) is 8.44. The Morgan fingerprint density at radius 2 is 2.04 bits per heavy atom. The van der Waals surface area contributed by atoms with E-state index in [0.29, 0.717) is 37.7 Å². The maximum atomic E-state index is 12.8. The number of carbonyl (C=O) groups is 2. The van der Waals surface area contributed by atoms with E-state index in [2.05, 4.69) is 5.32 Å². The van der Waals surface area contributed by atoms with E-state index in [1.807, 2.05) is 34.1 Å². The van der Waals surface area contributed by atoms with Crippen molar-refractivity contribution < 1.29 is 19.1 Å². The second-order valence-corrected chi connectivity index (χ2v) is 6.37. The molecule has 1 N–H and O–H groups in total. The summed E-state index contributed by atoms with van der Waals surface area (Å²) in [5, 5.41) is 2.82. The smallest absolute Gasteiger partial charge is 0.317 e. The second kappa shape index (κ2) is 6.22. The van der Waals surface area contributed by atoms with E-state index in [0.717, 1.165) is 12.8 Å². The van der Waals surface area contributed by atoms with E-state index in [1.54, 1.807) is 0 Å². The van der Waals surface area contributed by atoms with Crippen LogP contribution in [0.4, 0.5) is 4.79 Å². The minimum absolute atomic E-state index is 0.0273. The molecule has 2 saturated heterocycles. The van der Waals surface area contributed by atoms with Crippen LogP contribution in [-0.2, 0) is 4.79 Å². The zero-order chi connectivity index (χ0) is 16.5. The number of urea groups is 1. The van der Waals surface area contributed by atoms with Gasteiger partial charge in [0.2, 0.25) is 6.10 Å². The molecule has 3 heterocycles. The minimum Gasteiger partial charge on any atom is -0.485 e. The highest BCUT2D eigenvalue weighted by Gasteiger charge is 2.36. The van der Waals surface area contributed by atoms with Crippen molar-refractivity contribution >= 4 is 11.9 Å². The molecule has 3 aliphatic heterocycles. The van der Waals surface area contributed by atoms with Crippen molar-refractivity contribution in [2.45, 2.75) is 25.0 Å². The Hall–Kier alpha value is -2.44. The highest BCUT2D eigenvalue weighted by molar-refractivity contribution is 5.82. The zero-order valence-corrected chi connectivity index (χ0v) is 13.4. The van der Waals surface area contributed by atoms with Crippen molar-refractivity contribution in [1.29, 1.82) is 0 Å². The number of hydrogen-bond donors (Lipinski definition) is 1. The SMILES string of the molecule is O=C(C1COc2ccccc2O1)N1CCCC(N2CCNC2=O)C1. The van der Waals surface area contributed by atoms with Crippen LogP contribution < -0.4 is 14.8 Å². The van der Waals surface area contributed by atoms with E-state index in [1.165, 1.54) is 0 Å². The number of benzene rings is 1. The highest BCUT2D eigenvalue weighted by Crippen LogP contribution is 2.31. The third-order valence-corrected chi connectivity index (χ3v) is 4.82. The van der Waals surface area contributed by atoms with E-state index in [9.17, 15) is 9.59 Å². The monoisotopic (exact) mass is 331 g/mol. The Morgan fingerprint density at radius 3 is 2.83 bits per heavy atom. The Balaban J connectivity index is 1.42. The predicted octanol–water partition coefficient (Wildman–Crippen LogP) is 0.843. The fourth-order valence-electron chi connectivity index (χ4n) is 3.59. The van der Waals surface area contributed by atoms with Crippen molar-refractivity contribution in [3.05, 3.63) is 24.3 Å². The molecule has 2 fully saturated rings. The molecule has 1 aromatic carbocycles. The van der Waals surface area contributed by atoms with Crippen LogP contribution in [0.2, 0.25) is 0 Å². The molecule has 3 aliphatic rings. The van der Waals surface area contributed by atoms with Crippen molar-refractivity contribution in [2.75, 3.05) is 32.8 Å². The summed E-state index contributed by atoms with van der Waals surface area (Å²) in [6.07, 6.45) is 1.21. The van der Waals surface area contributed by atoms with Crippen LogP contribution in [0.1, 0.15) is 12.8 Å². The van der Waals surface area contributed by atoms with Gasteiger partial charge in [-0.25, -0.2) is 4.79 Å². The molecular weight excluding hydrogens is 310 g/mol. The van der Waals surface area contributed by atoms with Gasteiger partial charge in [-0.05, 0) is 25.0 Å². The first-order valence-electron chi connectivity index (χ1n) is 8.44. The lowest BCUT2D eigenvalue weighted by molar-refractivity contribution is -0.143. The molecule has 0 aromatic heterocycles. The number of nitrogens with one attached hydrogen (secondary N) is 1. The van der Waals surface area contributed by atoms with Crippen LogP contribution in [0.5, 0.6) is 11.5 Å². The van der Waals surface area contributed by atoms with E-state index in [4.69, 9.17) is 9.47 Å². The van der Waals surface area contributed by atoms with Gasteiger partial charge < -0.3 is 24.6 Å². The van der Waals surface area contributed by atoms with Crippen molar-refractivity contribution in [2.24, 2.45) is 0 Å². The van der Waals surface area contributed by atoms with Gasteiger partial charge in [-0.1, -0.05) is 12.1 Å². The number of likely N-dealkylation sites (tertiary alicyclic amines) is 1. The third kappa shape index (κ3) is 2.74. The van der Waals surface area contributed by atoms with E-state index in [-0.39, 0.29) is 24.6 Å². The number of fused-ring (bicyclic) bond motifs is 1. The molecule has 7 nitrogen and oxygen atoms in total. The molecule has 0 saturated carbocycles. The molecule has 7 heteroatoms. The molecule has 128 valence electrons. The standard InChI is InChI=1S/C17H21N3O4/c21-16(15-11-23-13-5-1-2-6-14(13)24-15)19-8-3-4-12(10-19)20-9-7-18-17(20)22/h1-2,5-6,12,15H,3-4,7-11H2,(H,18,22). The average molecular weight is 331 g/mol. The zero-order valence-electron chi connectivity index (χ0n) is 13.4. The molecule has 2 atom stereocenters. The van der Waals surface area contributed by atoms with Crippen LogP contribution >= 0.6 is 0 Å². The summed E-state index contributed by atoms with van der Waals surface area (Å²) < 4.78 is 11.5. The number of amides is 3. The molecule has 4 rings (SSSR count). The quantitative estimate of drug-likeness (QED) is 0.872. The first kappa shape index (κ1) is 15.1. The topological polar surface area (TPSA) is 71.1 Å². The second-order valence-electron chi connectivity index (χ2n) is 6.37. The van der Waals surface area contributed by atoms with Gasteiger partial charge in [0.15, 0.2) is 11.5 Å². The van der Waals surface area contributed by atoms with E-state index < -0.39 is 6.10 Å². The van der Waals surface area contributed by atoms with E-state index >= 15 is 0 Å². The first-order chi connectivity index (χ1) is 11.7. The lowest BCUT2D eigenvalue weighted by Gasteiger charge is -2.38. The third-order valence-electron chi connectivity index (χ3n) is 4.82. The van der Waals surface area contributed by atoms with Crippen LogP contribution in [0, 0.1) is 0 Å². The fourth-order valence-corrected chi connectivity index (χ4v) is 3.59. The van der Waals surface area contributed by atoms with Gasteiger partial charge >= 0.3 is 6.03 Å². The average Bonchev–Trinajstić information content (AvgIpc) is 3.07. The summed E-state index contributed by atoms with van der Waals surface area (Å²) in [6, 6.07) is 7.43. The summed E-state index contributed by atoms with van der Waals surface area (Å²) in [5.41, 5.74) is 0. The van der Waals surface area contributed by atoms with Crippen molar-refractivity contribution in [3.63, 3.8) is 0 Å². The Kier molecular flexibility index (Phi) is 3.92. The van der Waals surface area contributed by atoms with Gasteiger partial charge in [0.25, 0.3) is 5.91 Å². The van der Waals surface area contributed by atoms with Crippen LogP contribution in [0.25, 0.3) is 0 Å². The summed E-state index contributed by atoms with van der Waals surface area (Å²) in [6.45, 7) is 2.88. The molecule has 1 aromatic rings. The molecule has 24 heavy (non-hydrogen) atoms. The van der Waals surface area contributed by atoms with Gasteiger partial charge in [-0.2, -0.15) is 0 Å². The van der Waals surface area contributed by atoms with Gasteiger partial charge in [-0.3, -0.25) is 4.79 Å². The van der Waals surface area contributed by atoms with Crippen LogP contribution in [0.15, 0.2) is 24.3 Å². The van der Waals surface area contributed by atoms with Gasteiger partial charge in [-0.15, -0.1) is 0 Å². The molecule has 2 unspecified atom stereocenters. The summed E-state index contributed by atoms with van der Waals surface area (Å²) in [4.78, 5) is 28.3. The Bertz CT molecular complexity index is 650. The lowest BCUT2D eigenvalue weighted by atomic mass is 10.0. The van der Waals surface area contributed by atoms with Crippen LogP contribution in [0.3, 0.4) is 0 Å². The van der Waals surface area contributed by atoms with Gasteiger partial charge in [0.1, 0.15) is 6.61 Å². The van der Waals surface area contributed by atoms with Gasteiger partial charge in [0.05, 0.1) is 6.04 Å². The predicted molar refractivity (Wildman–Crippen MR) is 86.1 cm³/mol. The maximum absolute atomic E-state index is 12.8. The lowest BCUT2D eigenvalue weighted by Crippen LogP contribution is -2.54. The number of piperidine rings is 1. The number of ether oxygens (including phenoxy) is 2. The number of hydrogen-bond acceptors (Lipinski definition) is 4. The minimum atomic E-state index is -0.619. The molecule has 0 aliphatic carbocycles. The Morgan fingerprint density at radius 1 is 1.21 bits per heavy atom. The highest BCUT2D eigenvalue weighted by atomic mass is 16.6. The summed E-state index contributed by atoms with van der Waals surface area (Å²) >= 11 is 0. The largest absolute Gasteiger partial charge is 0.485 e. The summed E-state index contributed by atoms with van der Waals surface area (Å²) in [5.74, 6) is 1.22. The number of para-hydroxylation sites is 2. The maximum Gasteiger partial charge on any atom is 0.317 e. The molecule has 3 amide bonds. The van der Waals surface area contributed by atoms with Crippen molar-refractivity contribution in [1.82, 2.24) is 15.1 Å². The Labute approximate surface area is 140 Å². The molecule has 0 spiro atoms. The number of nitrogens with zero attached hydrogens (tertiary/aromatic N) is 2. The van der Waals surface area contributed by atoms with Gasteiger partial charge in [0, 0.05) is 26.2 Å². The van der Waals surface area contributed by atoms with Crippen molar-refractivity contribution in [3.8, 4) is 11.5 Å². The summed E-state index contributed by atoms with van der Waals surface area (Å²) in [7, 11) is 0. The number of rotatable bonds is 2. The molecular formula is C17H21N3O4. The molecule has 0 bridgehead atoms.